The highest BCUT2D eigenvalue weighted by atomic mass is 35.5. The van der Waals surface area contributed by atoms with Gasteiger partial charge in [-0.1, -0.05) is 60.1 Å². The molecular formula is C22H17ClN2O. The molecule has 0 bridgehead atoms. The maximum absolute atomic E-state index is 6.26. The average Bonchev–Trinajstić information content (AvgIpc) is 2.69. The van der Waals surface area contributed by atoms with Crippen LogP contribution in [0.1, 0.15) is 0 Å². The summed E-state index contributed by atoms with van der Waals surface area (Å²) in [4.78, 5) is 4.81. The van der Waals surface area contributed by atoms with Crippen LogP contribution in [-0.4, -0.2) is 12.1 Å². The Labute approximate surface area is 157 Å². The molecular weight excluding hydrogens is 344 g/mol. The Bertz CT molecular complexity index is 1060. The summed E-state index contributed by atoms with van der Waals surface area (Å²) in [6, 6.07) is 26.0. The first-order chi connectivity index (χ1) is 12.7. The summed E-state index contributed by atoms with van der Waals surface area (Å²) in [6.07, 6.45) is 0. The Morgan fingerprint density at radius 3 is 2.42 bits per heavy atom. The lowest BCUT2D eigenvalue weighted by Crippen LogP contribution is -1.95. The minimum absolute atomic E-state index is 0.569. The van der Waals surface area contributed by atoms with Gasteiger partial charge in [-0.25, -0.2) is 4.98 Å². The molecule has 3 aromatic carbocycles. The molecule has 4 aromatic rings. The zero-order valence-electron chi connectivity index (χ0n) is 14.2. The molecule has 0 atom stereocenters. The van der Waals surface area contributed by atoms with Gasteiger partial charge in [-0.05, 0) is 30.3 Å². The highest BCUT2D eigenvalue weighted by molar-refractivity contribution is 6.32. The van der Waals surface area contributed by atoms with E-state index in [2.05, 4.69) is 29.6 Å². The fourth-order valence-electron chi connectivity index (χ4n) is 2.94. The van der Waals surface area contributed by atoms with Gasteiger partial charge in [0.1, 0.15) is 5.75 Å². The third-order valence-corrected chi connectivity index (χ3v) is 4.51. The van der Waals surface area contributed by atoms with E-state index in [0.29, 0.717) is 10.8 Å². The summed E-state index contributed by atoms with van der Waals surface area (Å²) in [5.74, 6) is 0.654. The Hall–Kier alpha value is -3.04. The zero-order valence-corrected chi connectivity index (χ0v) is 15.0. The van der Waals surface area contributed by atoms with Crippen LogP contribution in [0.15, 0.2) is 78.9 Å². The van der Waals surface area contributed by atoms with Crippen LogP contribution in [0.25, 0.3) is 22.2 Å². The van der Waals surface area contributed by atoms with Crippen molar-refractivity contribution in [3.05, 3.63) is 83.9 Å². The summed E-state index contributed by atoms with van der Waals surface area (Å²) < 4.78 is 5.23. The molecule has 3 nitrogen and oxygen atoms in total. The SMILES string of the molecule is COc1ccc(Nc2cc(-c3ccccc3)nc3ccccc23)cc1Cl. The number of aromatic nitrogens is 1. The smallest absolute Gasteiger partial charge is 0.137 e. The molecule has 4 rings (SSSR count). The third-order valence-electron chi connectivity index (χ3n) is 4.22. The first kappa shape index (κ1) is 16.4. The Balaban J connectivity index is 1.82. The summed E-state index contributed by atoms with van der Waals surface area (Å²) in [7, 11) is 1.61. The lowest BCUT2D eigenvalue weighted by Gasteiger charge is -2.13. The zero-order chi connectivity index (χ0) is 17.9. The Morgan fingerprint density at radius 1 is 0.885 bits per heavy atom. The van der Waals surface area contributed by atoms with Crippen molar-refractivity contribution in [2.45, 2.75) is 0 Å². The number of fused-ring (bicyclic) bond motifs is 1. The van der Waals surface area contributed by atoms with Crippen molar-refractivity contribution >= 4 is 33.9 Å². The van der Waals surface area contributed by atoms with E-state index in [4.69, 9.17) is 21.3 Å². The molecule has 0 spiro atoms. The van der Waals surface area contributed by atoms with Crippen molar-refractivity contribution in [2.24, 2.45) is 0 Å². The van der Waals surface area contributed by atoms with Gasteiger partial charge < -0.3 is 10.1 Å². The van der Waals surface area contributed by atoms with Crippen LogP contribution in [0.4, 0.5) is 11.4 Å². The second-order valence-corrected chi connectivity index (χ2v) is 6.32. The normalized spacial score (nSPS) is 10.7. The molecule has 0 aliphatic rings. The highest BCUT2D eigenvalue weighted by Gasteiger charge is 2.09. The minimum atomic E-state index is 0.569. The van der Waals surface area contributed by atoms with Crippen LogP contribution < -0.4 is 10.1 Å². The highest BCUT2D eigenvalue weighted by Crippen LogP contribution is 2.33. The number of methoxy groups -OCH3 is 1. The Morgan fingerprint density at radius 2 is 1.65 bits per heavy atom. The van der Waals surface area contributed by atoms with E-state index < -0.39 is 0 Å². The summed E-state index contributed by atoms with van der Waals surface area (Å²) in [5.41, 5.74) is 4.82. The Kier molecular flexibility index (Phi) is 4.46. The molecule has 1 N–H and O–H groups in total. The van der Waals surface area contributed by atoms with Crippen molar-refractivity contribution in [1.29, 1.82) is 0 Å². The van der Waals surface area contributed by atoms with Crippen molar-refractivity contribution in [3.8, 4) is 17.0 Å². The summed E-state index contributed by atoms with van der Waals surface area (Å²) in [6.45, 7) is 0. The van der Waals surface area contributed by atoms with Gasteiger partial charge in [0.2, 0.25) is 0 Å². The van der Waals surface area contributed by atoms with Gasteiger partial charge >= 0.3 is 0 Å². The molecule has 0 aliphatic carbocycles. The van der Waals surface area contributed by atoms with Gasteiger partial charge in [0.15, 0.2) is 0 Å². The topological polar surface area (TPSA) is 34.1 Å². The van der Waals surface area contributed by atoms with Gasteiger partial charge in [0.05, 0.1) is 29.0 Å². The van der Waals surface area contributed by atoms with Gasteiger partial charge in [-0.15, -0.1) is 0 Å². The van der Waals surface area contributed by atoms with Crippen LogP contribution in [0.3, 0.4) is 0 Å². The van der Waals surface area contributed by atoms with Crippen LogP contribution in [0.2, 0.25) is 5.02 Å². The van der Waals surface area contributed by atoms with E-state index in [1.54, 1.807) is 7.11 Å². The number of ether oxygens (including phenoxy) is 1. The number of nitrogens with one attached hydrogen (secondary N) is 1. The van der Waals surface area contributed by atoms with Crippen LogP contribution in [0, 0.1) is 0 Å². The second-order valence-electron chi connectivity index (χ2n) is 5.91. The number of benzene rings is 3. The van der Waals surface area contributed by atoms with Gasteiger partial charge in [0.25, 0.3) is 0 Å². The lowest BCUT2D eigenvalue weighted by molar-refractivity contribution is 0.415. The minimum Gasteiger partial charge on any atom is -0.495 e. The lowest BCUT2D eigenvalue weighted by atomic mass is 10.1. The van der Waals surface area contributed by atoms with Crippen molar-refractivity contribution in [2.75, 3.05) is 12.4 Å². The largest absolute Gasteiger partial charge is 0.495 e. The molecule has 4 heteroatoms. The number of hydrogen-bond donors (Lipinski definition) is 1. The second kappa shape index (κ2) is 7.06. The first-order valence-corrected chi connectivity index (χ1v) is 8.68. The number of para-hydroxylation sites is 1. The maximum atomic E-state index is 6.26. The van der Waals surface area contributed by atoms with E-state index in [1.807, 2.05) is 54.6 Å². The van der Waals surface area contributed by atoms with Crippen LogP contribution >= 0.6 is 11.6 Å². The van der Waals surface area contributed by atoms with Crippen LogP contribution in [0.5, 0.6) is 5.75 Å². The number of anilines is 2. The summed E-state index contributed by atoms with van der Waals surface area (Å²) in [5, 5.41) is 5.09. The molecule has 0 saturated heterocycles. The standard InChI is InChI=1S/C22H17ClN2O/c1-26-22-12-11-16(13-18(22)23)24-21-14-20(15-7-3-2-4-8-15)25-19-10-6-5-9-17(19)21/h2-14H,1H3,(H,24,25). The molecule has 26 heavy (non-hydrogen) atoms. The van der Waals surface area contributed by atoms with E-state index in [1.165, 1.54) is 0 Å². The van der Waals surface area contributed by atoms with Gasteiger partial charge in [0, 0.05) is 16.6 Å². The molecule has 1 heterocycles. The first-order valence-electron chi connectivity index (χ1n) is 8.30. The molecule has 0 saturated carbocycles. The molecule has 0 unspecified atom stereocenters. The van der Waals surface area contributed by atoms with Crippen LogP contribution in [-0.2, 0) is 0 Å². The monoisotopic (exact) mass is 360 g/mol. The number of halogens is 1. The van der Waals surface area contributed by atoms with E-state index >= 15 is 0 Å². The molecule has 0 radical (unpaired) electrons. The summed E-state index contributed by atoms with van der Waals surface area (Å²) >= 11 is 6.26. The molecule has 128 valence electrons. The molecule has 0 amide bonds. The van der Waals surface area contributed by atoms with Crippen molar-refractivity contribution < 1.29 is 4.74 Å². The van der Waals surface area contributed by atoms with Crippen molar-refractivity contribution in [1.82, 2.24) is 4.98 Å². The predicted octanol–water partition coefficient (Wildman–Crippen LogP) is 6.31. The van der Waals surface area contributed by atoms with Crippen molar-refractivity contribution in [3.63, 3.8) is 0 Å². The van der Waals surface area contributed by atoms with Gasteiger partial charge in [-0.3, -0.25) is 0 Å². The predicted molar refractivity (Wildman–Crippen MR) is 108 cm³/mol. The fraction of sp³-hybridized carbons (Fsp3) is 0.0455. The number of nitrogens with zero attached hydrogens (tertiary/aromatic N) is 1. The number of pyridine rings is 1. The molecule has 1 aromatic heterocycles. The van der Waals surface area contributed by atoms with E-state index in [-0.39, 0.29) is 0 Å². The average molecular weight is 361 g/mol. The third kappa shape index (κ3) is 3.22. The van der Waals surface area contributed by atoms with Gasteiger partial charge in [-0.2, -0.15) is 0 Å². The fourth-order valence-corrected chi connectivity index (χ4v) is 3.19. The number of hydrogen-bond acceptors (Lipinski definition) is 3. The van der Waals surface area contributed by atoms with E-state index in [0.717, 1.165) is 33.5 Å². The van der Waals surface area contributed by atoms with E-state index in [9.17, 15) is 0 Å². The molecule has 0 fully saturated rings. The maximum Gasteiger partial charge on any atom is 0.137 e. The molecule has 0 aliphatic heterocycles. The quantitative estimate of drug-likeness (QED) is 0.463. The number of rotatable bonds is 4.